The van der Waals surface area contributed by atoms with Gasteiger partial charge in [-0.3, -0.25) is 4.79 Å². The van der Waals surface area contributed by atoms with E-state index >= 15 is 0 Å². The largest absolute Gasteiger partial charge is 0.392 e. The molecular formula is C12H22N2OS. The number of rotatable bonds is 5. The Kier molecular flexibility index (Phi) is 4.30. The summed E-state index contributed by atoms with van der Waals surface area (Å²) in [5.74, 6) is 0.608. The lowest BCUT2D eigenvalue weighted by Crippen LogP contribution is -2.54. The third-order valence-corrected chi connectivity index (χ3v) is 3.71. The average Bonchev–Trinajstić information content (AvgIpc) is 1.97. The van der Waals surface area contributed by atoms with Crippen molar-refractivity contribution in [2.75, 3.05) is 0 Å². The molecule has 3 N–H and O–H groups in total. The van der Waals surface area contributed by atoms with E-state index in [1.165, 1.54) is 0 Å². The number of amides is 1. The zero-order chi connectivity index (χ0) is 12.3. The Morgan fingerprint density at radius 3 is 2.31 bits per heavy atom. The van der Waals surface area contributed by atoms with Gasteiger partial charge in [-0.2, -0.15) is 0 Å². The van der Waals surface area contributed by atoms with Crippen LogP contribution < -0.4 is 11.1 Å². The van der Waals surface area contributed by atoms with Crippen molar-refractivity contribution in [1.29, 1.82) is 0 Å². The molecule has 1 unspecified atom stereocenters. The van der Waals surface area contributed by atoms with E-state index in [0.717, 1.165) is 25.7 Å². The van der Waals surface area contributed by atoms with Crippen LogP contribution in [0, 0.1) is 11.3 Å². The van der Waals surface area contributed by atoms with Crippen LogP contribution in [0.2, 0.25) is 0 Å². The maximum atomic E-state index is 12.1. The Labute approximate surface area is 103 Å². The highest BCUT2D eigenvalue weighted by molar-refractivity contribution is 7.80. The molecule has 16 heavy (non-hydrogen) atoms. The first-order chi connectivity index (χ1) is 7.38. The molecule has 1 fully saturated rings. The van der Waals surface area contributed by atoms with Crippen LogP contribution in [0.5, 0.6) is 0 Å². The summed E-state index contributed by atoms with van der Waals surface area (Å²) < 4.78 is 0. The fourth-order valence-electron chi connectivity index (χ4n) is 2.24. The monoisotopic (exact) mass is 242 g/mol. The molecule has 0 heterocycles. The summed E-state index contributed by atoms with van der Waals surface area (Å²) in [7, 11) is 0. The van der Waals surface area contributed by atoms with E-state index in [-0.39, 0.29) is 11.9 Å². The Bertz CT molecular complexity index is 285. The molecule has 92 valence electrons. The molecule has 0 aliphatic heterocycles. The fraction of sp³-hybridized carbons (Fsp3) is 0.833. The highest BCUT2D eigenvalue weighted by Crippen LogP contribution is 2.41. The quantitative estimate of drug-likeness (QED) is 0.725. The molecule has 1 rings (SSSR count). The Balaban J connectivity index is 2.54. The van der Waals surface area contributed by atoms with Gasteiger partial charge in [0.1, 0.15) is 0 Å². The molecule has 1 saturated carbocycles. The predicted molar refractivity (Wildman–Crippen MR) is 70.1 cm³/mol. The molecule has 0 bridgehead atoms. The maximum Gasteiger partial charge on any atom is 0.233 e. The number of thiocarbonyl (C=S) groups is 1. The van der Waals surface area contributed by atoms with Crippen LogP contribution in [-0.4, -0.2) is 16.9 Å². The molecule has 1 aliphatic rings. The van der Waals surface area contributed by atoms with Gasteiger partial charge in [-0.05, 0) is 32.1 Å². The van der Waals surface area contributed by atoms with Crippen LogP contribution in [0.15, 0.2) is 0 Å². The van der Waals surface area contributed by atoms with Crippen LogP contribution in [-0.2, 0) is 4.79 Å². The van der Waals surface area contributed by atoms with Crippen molar-refractivity contribution in [2.45, 2.75) is 52.5 Å². The molecular weight excluding hydrogens is 220 g/mol. The molecule has 1 aliphatic carbocycles. The van der Waals surface area contributed by atoms with Gasteiger partial charge in [0.2, 0.25) is 5.91 Å². The van der Waals surface area contributed by atoms with E-state index in [2.05, 4.69) is 19.2 Å². The number of carbonyl (C=O) groups excluding carboxylic acids is 1. The predicted octanol–water partition coefficient (Wildman–Crippen LogP) is 1.99. The van der Waals surface area contributed by atoms with Gasteiger partial charge < -0.3 is 11.1 Å². The highest BCUT2D eigenvalue weighted by atomic mass is 32.1. The van der Waals surface area contributed by atoms with Gasteiger partial charge in [0, 0.05) is 6.04 Å². The second-order valence-corrected chi connectivity index (χ2v) is 5.74. The summed E-state index contributed by atoms with van der Waals surface area (Å²) in [6, 6.07) is 0.194. The maximum absolute atomic E-state index is 12.1. The van der Waals surface area contributed by atoms with E-state index in [9.17, 15) is 4.79 Å². The molecule has 1 amide bonds. The first-order valence-electron chi connectivity index (χ1n) is 5.99. The smallest absolute Gasteiger partial charge is 0.233 e. The second-order valence-electron chi connectivity index (χ2n) is 5.30. The molecule has 0 radical (unpaired) electrons. The average molecular weight is 242 g/mol. The van der Waals surface area contributed by atoms with Crippen LogP contribution in [0.3, 0.4) is 0 Å². The van der Waals surface area contributed by atoms with Crippen molar-refractivity contribution in [3.63, 3.8) is 0 Å². The molecule has 0 spiro atoms. The summed E-state index contributed by atoms with van der Waals surface area (Å²) in [5, 5.41) is 3.03. The van der Waals surface area contributed by atoms with E-state index in [1.807, 2.05) is 6.92 Å². The number of carbonyl (C=O) groups is 1. The van der Waals surface area contributed by atoms with Gasteiger partial charge in [-0.1, -0.05) is 32.5 Å². The number of nitrogens with one attached hydrogen (secondary N) is 1. The second kappa shape index (κ2) is 5.13. The minimum absolute atomic E-state index is 0.0272. The molecule has 3 nitrogen and oxygen atoms in total. The Morgan fingerprint density at radius 2 is 2.00 bits per heavy atom. The first kappa shape index (κ1) is 13.4. The van der Waals surface area contributed by atoms with Crippen molar-refractivity contribution in [1.82, 2.24) is 5.32 Å². The fourth-order valence-corrected chi connectivity index (χ4v) is 2.54. The van der Waals surface area contributed by atoms with Crippen molar-refractivity contribution < 1.29 is 4.79 Å². The van der Waals surface area contributed by atoms with E-state index in [0.29, 0.717) is 10.9 Å². The van der Waals surface area contributed by atoms with Crippen LogP contribution in [0.1, 0.15) is 46.5 Å². The van der Waals surface area contributed by atoms with E-state index in [4.69, 9.17) is 18.0 Å². The van der Waals surface area contributed by atoms with E-state index in [1.54, 1.807) is 0 Å². The van der Waals surface area contributed by atoms with E-state index < -0.39 is 5.41 Å². The number of hydrogen-bond acceptors (Lipinski definition) is 2. The first-order valence-corrected chi connectivity index (χ1v) is 6.40. The summed E-state index contributed by atoms with van der Waals surface area (Å²) in [5.41, 5.74) is 5.14. The molecule has 0 aromatic carbocycles. The van der Waals surface area contributed by atoms with Crippen LogP contribution in [0.25, 0.3) is 0 Å². The van der Waals surface area contributed by atoms with Gasteiger partial charge in [-0.25, -0.2) is 0 Å². The lowest BCUT2D eigenvalue weighted by atomic mass is 9.68. The van der Waals surface area contributed by atoms with Gasteiger partial charge in [0.15, 0.2) is 0 Å². The van der Waals surface area contributed by atoms with Gasteiger partial charge >= 0.3 is 0 Å². The van der Waals surface area contributed by atoms with Crippen molar-refractivity contribution in [2.24, 2.45) is 17.1 Å². The SMILES string of the molecule is CC(C)CC(C)NC(=O)C1(C(N)=S)CCC1. The lowest BCUT2D eigenvalue weighted by Gasteiger charge is -2.40. The zero-order valence-electron chi connectivity index (χ0n) is 10.4. The number of hydrogen-bond donors (Lipinski definition) is 2. The van der Waals surface area contributed by atoms with Gasteiger partial charge in [-0.15, -0.1) is 0 Å². The van der Waals surface area contributed by atoms with Crippen LogP contribution in [0.4, 0.5) is 0 Å². The third-order valence-electron chi connectivity index (χ3n) is 3.32. The third kappa shape index (κ3) is 2.73. The molecule has 0 aromatic heterocycles. The molecule has 4 heteroatoms. The zero-order valence-corrected chi connectivity index (χ0v) is 11.2. The van der Waals surface area contributed by atoms with Gasteiger partial charge in [0.25, 0.3) is 0 Å². The highest BCUT2D eigenvalue weighted by Gasteiger charge is 2.47. The normalized spacial score (nSPS) is 20.0. The minimum Gasteiger partial charge on any atom is -0.392 e. The van der Waals surface area contributed by atoms with Crippen molar-refractivity contribution in [3.05, 3.63) is 0 Å². The summed E-state index contributed by atoms with van der Waals surface area (Å²) in [6.45, 7) is 6.33. The molecule has 1 atom stereocenters. The summed E-state index contributed by atoms with van der Waals surface area (Å²) in [4.78, 5) is 12.5. The standard InChI is InChI=1S/C12H22N2OS/c1-8(2)7-9(3)14-11(15)12(10(13)16)5-4-6-12/h8-9H,4-7H2,1-3H3,(H2,13,16)(H,14,15). The molecule has 0 saturated heterocycles. The molecule has 0 aromatic rings. The Hall–Kier alpha value is -0.640. The van der Waals surface area contributed by atoms with Gasteiger partial charge in [0.05, 0.1) is 10.4 Å². The Morgan fingerprint density at radius 1 is 1.44 bits per heavy atom. The number of nitrogens with two attached hydrogens (primary N) is 1. The van der Waals surface area contributed by atoms with Crippen LogP contribution >= 0.6 is 12.2 Å². The minimum atomic E-state index is -0.541. The summed E-state index contributed by atoms with van der Waals surface area (Å²) >= 11 is 5.01. The van der Waals surface area contributed by atoms with Crippen molar-refractivity contribution in [3.8, 4) is 0 Å². The topological polar surface area (TPSA) is 55.1 Å². The summed E-state index contributed by atoms with van der Waals surface area (Å²) in [6.07, 6.45) is 3.65. The lowest BCUT2D eigenvalue weighted by molar-refractivity contribution is -0.131. The van der Waals surface area contributed by atoms with Crippen molar-refractivity contribution >= 4 is 23.1 Å².